The predicted molar refractivity (Wildman–Crippen MR) is 59.1 cm³/mol. The first-order chi connectivity index (χ1) is 7.56. The minimum atomic E-state index is -0.661. The summed E-state index contributed by atoms with van der Waals surface area (Å²) in [4.78, 5) is 3.78. The van der Waals surface area contributed by atoms with Crippen molar-refractivity contribution >= 4 is 0 Å². The van der Waals surface area contributed by atoms with Crippen molar-refractivity contribution in [2.75, 3.05) is 0 Å². The normalized spacial score (nSPS) is 10.5. The van der Waals surface area contributed by atoms with E-state index in [4.69, 9.17) is 0 Å². The molecular weight excluding hydrogens is 208 g/mol. The molecule has 0 amide bonds. The van der Waals surface area contributed by atoms with E-state index in [0.29, 0.717) is 5.56 Å². The Morgan fingerprint density at radius 1 is 0.938 bits per heavy atom. The number of halogens is 2. The first-order valence-electron chi connectivity index (χ1n) is 4.96. The summed E-state index contributed by atoms with van der Waals surface area (Å²) < 4.78 is 26.2. The van der Waals surface area contributed by atoms with Gasteiger partial charge in [0, 0.05) is 11.6 Å². The summed E-state index contributed by atoms with van der Waals surface area (Å²) in [7, 11) is 0. The van der Waals surface area contributed by atoms with Crippen LogP contribution in [0.1, 0.15) is 11.1 Å². The molecule has 0 saturated carbocycles. The second-order valence-electron chi connectivity index (χ2n) is 3.86. The van der Waals surface area contributed by atoms with Crippen molar-refractivity contribution < 1.29 is 8.78 Å². The molecule has 0 fully saturated rings. The second kappa shape index (κ2) is 4.00. The summed E-state index contributed by atoms with van der Waals surface area (Å²) in [5.41, 5.74) is 2.92. The molecule has 0 unspecified atom stereocenters. The number of nitrogens with zero attached hydrogens (tertiary/aromatic N) is 1. The molecule has 16 heavy (non-hydrogen) atoms. The molecule has 3 heteroatoms. The van der Waals surface area contributed by atoms with Crippen molar-refractivity contribution in [2.24, 2.45) is 0 Å². The zero-order chi connectivity index (χ0) is 11.7. The van der Waals surface area contributed by atoms with Crippen LogP contribution in [0.2, 0.25) is 0 Å². The fourth-order valence-electron chi connectivity index (χ4n) is 1.74. The Kier molecular flexibility index (Phi) is 2.69. The standard InChI is InChI=1S/C13H11F2N/c1-8-3-9(2)5-10(4-8)13-12(15)6-11(14)7-16-13/h3-7H,1-2H3. The average molecular weight is 219 g/mol. The average Bonchev–Trinajstić information content (AvgIpc) is 2.15. The molecule has 0 saturated heterocycles. The summed E-state index contributed by atoms with van der Waals surface area (Å²) in [6.07, 6.45) is 1.02. The van der Waals surface area contributed by atoms with Crippen molar-refractivity contribution in [3.63, 3.8) is 0 Å². The van der Waals surface area contributed by atoms with Crippen LogP contribution in [0.4, 0.5) is 8.78 Å². The van der Waals surface area contributed by atoms with E-state index in [1.165, 1.54) is 0 Å². The molecule has 2 rings (SSSR count). The lowest BCUT2D eigenvalue weighted by atomic mass is 10.0. The monoisotopic (exact) mass is 219 g/mol. The van der Waals surface area contributed by atoms with Crippen LogP contribution in [0, 0.1) is 25.5 Å². The van der Waals surface area contributed by atoms with Gasteiger partial charge in [-0.25, -0.2) is 8.78 Å². The molecule has 82 valence electrons. The predicted octanol–water partition coefficient (Wildman–Crippen LogP) is 3.64. The third kappa shape index (κ3) is 2.08. The lowest BCUT2D eigenvalue weighted by Crippen LogP contribution is -1.92. The van der Waals surface area contributed by atoms with Crippen LogP contribution in [0.3, 0.4) is 0 Å². The summed E-state index contributed by atoms with van der Waals surface area (Å²) in [5, 5.41) is 0. The van der Waals surface area contributed by atoms with Gasteiger partial charge in [0.1, 0.15) is 11.5 Å². The molecule has 1 aromatic heterocycles. The van der Waals surface area contributed by atoms with Crippen molar-refractivity contribution in [3.05, 3.63) is 53.2 Å². The van der Waals surface area contributed by atoms with E-state index in [-0.39, 0.29) is 5.69 Å². The summed E-state index contributed by atoms with van der Waals surface area (Å²) in [6, 6.07) is 6.50. The SMILES string of the molecule is Cc1cc(C)cc(-c2ncc(F)cc2F)c1. The quantitative estimate of drug-likeness (QED) is 0.713. The minimum Gasteiger partial charge on any atom is -0.250 e. The van der Waals surface area contributed by atoms with E-state index in [9.17, 15) is 8.78 Å². The summed E-state index contributed by atoms with van der Waals surface area (Å²) in [6.45, 7) is 3.86. The Morgan fingerprint density at radius 3 is 2.12 bits per heavy atom. The van der Waals surface area contributed by atoms with Crippen molar-refractivity contribution in [1.82, 2.24) is 4.98 Å². The van der Waals surface area contributed by atoms with E-state index in [1.54, 1.807) is 0 Å². The van der Waals surface area contributed by atoms with Gasteiger partial charge in [-0.1, -0.05) is 17.2 Å². The van der Waals surface area contributed by atoms with Crippen LogP contribution < -0.4 is 0 Å². The first kappa shape index (κ1) is 10.7. The molecule has 0 N–H and O–H groups in total. The van der Waals surface area contributed by atoms with Crippen molar-refractivity contribution in [1.29, 1.82) is 0 Å². The van der Waals surface area contributed by atoms with E-state index >= 15 is 0 Å². The zero-order valence-corrected chi connectivity index (χ0v) is 9.09. The van der Waals surface area contributed by atoms with Crippen LogP contribution in [-0.2, 0) is 0 Å². The van der Waals surface area contributed by atoms with Gasteiger partial charge in [0.25, 0.3) is 0 Å². The molecule has 0 bridgehead atoms. The van der Waals surface area contributed by atoms with Gasteiger partial charge >= 0.3 is 0 Å². The molecule has 0 aliphatic rings. The minimum absolute atomic E-state index is 0.188. The van der Waals surface area contributed by atoms with E-state index in [2.05, 4.69) is 4.98 Å². The highest BCUT2D eigenvalue weighted by Gasteiger charge is 2.08. The molecule has 1 aromatic carbocycles. The molecule has 0 aliphatic heterocycles. The molecule has 1 nitrogen and oxygen atoms in total. The lowest BCUT2D eigenvalue weighted by molar-refractivity contribution is 0.576. The molecule has 1 heterocycles. The molecule has 0 aliphatic carbocycles. The van der Waals surface area contributed by atoms with Crippen molar-refractivity contribution in [2.45, 2.75) is 13.8 Å². The Hall–Kier alpha value is -1.77. The number of hydrogen-bond donors (Lipinski definition) is 0. The number of hydrogen-bond acceptors (Lipinski definition) is 1. The largest absolute Gasteiger partial charge is 0.250 e. The Morgan fingerprint density at radius 2 is 1.56 bits per heavy atom. The highest BCUT2D eigenvalue weighted by atomic mass is 19.1. The number of aromatic nitrogens is 1. The molecule has 0 atom stereocenters. The summed E-state index contributed by atoms with van der Waals surface area (Å²) >= 11 is 0. The molecular formula is C13H11F2N. The van der Waals surface area contributed by atoms with Gasteiger partial charge in [-0.15, -0.1) is 0 Å². The molecule has 0 spiro atoms. The fourth-order valence-corrected chi connectivity index (χ4v) is 1.74. The van der Waals surface area contributed by atoms with Gasteiger partial charge in [0.15, 0.2) is 5.82 Å². The third-order valence-corrected chi connectivity index (χ3v) is 2.30. The Labute approximate surface area is 92.8 Å². The maximum Gasteiger partial charge on any atom is 0.152 e. The van der Waals surface area contributed by atoms with Gasteiger partial charge in [-0.2, -0.15) is 0 Å². The number of aryl methyl sites for hydroxylation is 2. The van der Waals surface area contributed by atoms with E-state index in [0.717, 1.165) is 23.4 Å². The maximum atomic E-state index is 13.5. The Balaban J connectivity index is 2.58. The smallest absolute Gasteiger partial charge is 0.152 e. The van der Waals surface area contributed by atoms with Crippen LogP contribution in [0.15, 0.2) is 30.5 Å². The highest BCUT2D eigenvalue weighted by Crippen LogP contribution is 2.23. The van der Waals surface area contributed by atoms with Crippen LogP contribution in [0.5, 0.6) is 0 Å². The van der Waals surface area contributed by atoms with Crippen molar-refractivity contribution in [3.8, 4) is 11.3 Å². The number of rotatable bonds is 1. The van der Waals surface area contributed by atoms with Gasteiger partial charge < -0.3 is 0 Å². The fraction of sp³-hybridized carbons (Fsp3) is 0.154. The molecule has 0 radical (unpaired) electrons. The van der Waals surface area contributed by atoms with E-state index in [1.807, 2.05) is 32.0 Å². The highest BCUT2D eigenvalue weighted by molar-refractivity contribution is 5.61. The zero-order valence-electron chi connectivity index (χ0n) is 9.09. The van der Waals surface area contributed by atoms with E-state index < -0.39 is 11.6 Å². The van der Waals surface area contributed by atoms with Crippen LogP contribution in [0.25, 0.3) is 11.3 Å². The Bertz CT molecular complexity index is 515. The van der Waals surface area contributed by atoms with Gasteiger partial charge in [-0.05, 0) is 26.0 Å². The summed E-state index contributed by atoms with van der Waals surface area (Å²) in [5.74, 6) is -1.30. The molecule has 2 aromatic rings. The van der Waals surface area contributed by atoms with Gasteiger partial charge in [0.2, 0.25) is 0 Å². The second-order valence-corrected chi connectivity index (χ2v) is 3.86. The maximum absolute atomic E-state index is 13.5. The van der Waals surface area contributed by atoms with Crippen LogP contribution in [-0.4, -0.2) is 4.98 Å². The number of benzene rings is 1. The van der Waals surface area contributed by atoms with Crippen LogP contribution >= 0.6 is 0 Å². The first-order valence-corrected chi connectivity index (χ1v) is 4.96. The number of pyridine rings is 1. The van der Waals surface area contributed by atoms with Gasteiger partial charge in [0.05, 0.1) is 6.20 Å². The topological polar surface area (TPSA) is 12.9 Å². The third-order valence-electron chi connectivity index (χ3n) is 2.30. The van der Waals surface area contributed by atoms with Gasteiger partial charge in [-0.3, -0.25) is 4.98 Å². The lowest BCUT2D eigenvalue weighted by Gasteiger charge is -2.05.